The van der Waals surface area contributed by atoms with Crippen molar-refractivity contribution in [2.45, 2.75) is 39.3 Å². The molecule has 1 N–H and O–H groups in total. The van der Waals surface area contributed by atoms with Crippen LogP contribution in [0.25, 0.3) is 0 Å². The number of esters is 1. The van der Waals surface area contributed by atoms with Gasteiger partial charge >= 0.3 is 12.1 Å². The summed E-state index contributed by atoms with van der Waals surface area (Å²) in [6.07, 6.45) is -4.28. The van der Waals surface area contributed by atoms with E-state index in [2.05, 4.69) is 5.32 Å². The number of benzene rings is 2. The Balaban J connectivity index is 2.30. The molecule has 32 heavy (non-hydrogen) atoms. The maximum absolute atomic E-state index is 13.5. The summed E-state index contributed by atoms with van der Waals surface area (Å²) in [5.41, 5.74) is 1.02. The minimum Gasteiger partial charge on any atom is -0.466 e. The van der Waals surface area contributed by atoms with E-state index in [1.807, 2.05) is 0 Å². The molecule has 3 atom stereocenters. The Morgan fingerprint density at radius 1 is 1.06 bits per heavy atom. The molecule has 0 bridgehead atoms. The lowest BCUT2D eigenvalue weighted by Gasteiger charge is -2.26. The highest BCUT2D eigenvalue weighted by Gasteiger charge is 2.45. The topological polar surface area (TPSA) is 55.4 Å². The van der Waals surface area contributed by atoms with Gasteiger partial charge in [-0.3, -0.25) is 9.59 Å². The summed E-state index contributed by atoms with van der Waals surface area (Å²) in [5.74, 6) is -5.11. The molecule has 0 aliphatic carbocycles. The van der Waals surface area contributed by atoms with Crippen LogP contribution >= 0.6 is 23.2 Å². The summed E-state index contributed by atoms with van der Waals surface area (Å²) in [6, 6.07) is 10.4. The maximum Gasteiger partial charge on any atom is 0.392 e. The molecule has 0 unspecified atom stereocenters. The van der Waals surface area contributed by atoms with E-state index >= 15 is 0 Å². The van der Waals surface area contributed by atoms with Gasteiger partial charge in [-0.15, -0.1) is 0 Å². The molecule has 0 fully saturated rings. The van der Waals surface area contributed by atoms with Crippen LogP contribution in [0.1, 0.15) is 37.8 Å². The summed E-state index contributed by atoms with van der Waals surface area (Å²) in [5, 5.41) is 3.04. The number of anilines is 1. The van der Waals surface area contributed by atoms with Gasteiger partial charge in [0.2, 0.25) is 5.91 Å². The van der Waals surface area contributed by atoms with Gasteiger partial charge in [-0.1, -0.05) is 55.2 Å². The van der Waals surface area contributed by atoms with Gasteiger partial charge in [0.15, 0.2) is 0 Å². The lowest BCUT2D eigenvalue weighted by atomic mass is 9.86. The van der Waals surface area contributed by atoms with Crippen LogP contribution in [-0.4, -0.2) is 24.7 Å². The summed E-state index contributed by atoms with van der Waals surface area (Å²) in [6.45, 7) is 4.62. The summed E-state index contributed by atoms with van der Waals surface area (Å²) < 4.78 is 45.5. The number of nitrogens with one attached hydrogen (secondary N) is 1. The molecule has 0 saturated heterocycles. The summed E-state index contributed by atoms with van der Waals surface area (Å²) in [7, 11) is 0. The van der Waals surface area contributed by atoms with Crippen LogP contribution in [0.3, 0.4) is 0 Å². The lowest BCUT2D eigenvalue weighted by molar-refractivity contribution is -0.178. The Labute approximate surface area is 195 Å². The minimum atomic E-state index is -4.59. The third-order valence-electron chi connectivity index (χ3n) is 5.05. The van der Waals surface area contributed by atoms with Crippen molar-refractivity contribution >= 4 is 40.8 Å². The second-order valence-corrected chi connectivity index (χ2v) is 8.36. The molecule has 2 aromatic carbocycles. The van der Waals surface area contributed by atoms with E-state index in [1.54, 1.807) is 26.0 Å². The van der Waals surface area contributed by atoms with Crippen molar-refractivity contribution in [3.05, 3.63) is 63.6 Å². The highest BCUT2D eigenvalue weighted by molar-refractivity contribution is 6.33. The van der Waals surface area contributed by atoms with Crippen molar-refractivity contribution in [1.82, 2.24) is 0 Å². The first-order valence-electron chi connectivity index (χ1n) is 10.0. The first-order valence-corrected chi connectivity index (χ1v) is 10.8. The molecule has 0 aliphatic heterocycles. The van der Waals surface area contributed by atoms with Crippen molar-refractivity contribution < 1.29 is 27.5 Å². The zero-order valence-corrected chi connectivity index (χ0v) is 19.3. The minimum absolute atomic E-state index is 0.165. The number of carbonyl (C=O) groups excluding carboxylic acids is 2. The zero-order valence-electron chi connectivity index (χ0n) is 17.8. The van der Waals surface area contributed by atoms with E-state index in [-0.39, 0.29) is 28.8 Å². The highest BCUT2D eigenvalue weighted by atomic mass is 35.5. The Bertz CT molecular complexity index is 948. The fraction of sp³-hybridized carbons (Fsp3) is 0.391. The number of halogens is 5. The number of ether oxygens (including phenoxy) is 1. The van der Waals surface area contributed by atoms with Gasteiger partial charge in [0.1, 0.15) is 0 Å². The van der Waals surface area contributed by atoms with Crippen LogP contribution in [0.5, 0.6) is 0 Å². The number of carbonyl (C=O) groups is 2. The molecule has 0 aromatic heterocycles. The predicted molar refractivity (Wildman–Crippen MR) is 119 cm³/mol. The average molecular weight is 490 g/mol. The van der Waals surface area contributed by atoms with E-state index in [4.69, 9.17) is 27.9 Å². The molecule has 9 heteroatoms. The number of amides is 1. The third-order valence-corrected chi connectivity index (χ3v) is 5.63. The molecule has 0 radical (unpaired) electrons. The average Bonchev–Trinajstić information content (AvgIpc) is 2.71. The Morgan fingerprint density at radius 2 is 1.69 bits per heavy atom. The van der Waals surface area contributed by atoms with Gasteiger partial charge in [-0.25, -0.2) is 0 Å². The molecule has 0 heterocycles. The Kier molecular flexibility index (Phi) is 8.98. The van der Waals surface area contributed by atoms with Crippen molar-refractivity contribution in [3.63, 3.8) is 0 Å². The monoisotopic (exact) mass is 489 g/mol. The number of hydrogen-bond donors (Lipinski definition) is 1. The van der Waals surface area contributed by atoms with Crippen LogP contribution < -0.4 is 5.32 Å². The fourth-order valence-electron chi connectivity index (χ4n) is 3.25. The van der Waals surface area contributed by atoms with Gasteiger partial charge in [0.05, 0.1) is 35.1 Å². The molecule has 0 saturated carbocycles. The Hall–Kier alpha value is -2.25. The van der Waals surface area contributed by atoms with Gasteiger partial charge in [-0.2, -0.15) is 13.2 Å². The molecular weight excluding hydrogens is 466 g/mol. The number of alkyl halides is 3. The fourth-order valence-corrected chi connectivity index (χ4v) is 3.54. The van der Waals surface area contributed by atoms with E-state index in [9.17, 15) is 22.8 Å². The van der Waals surface area contributed by atoms with Gasteiger partial charge in [0, 0.05) is 5.02 Å². The molecule has 0 aliphatic rings. The van der Waals surface area contributed by atoms with Crippen LogP contribution in [0.15, 0.2) is 42.5 Å². The predicted octanol–water partition coefficient (Wildman–Crippen LogP) is 6.66. The highest BCUT2D eigenvalue weighted by Crippen LogP contribution is 2.39. The van der Waals surface area contributed by atoms with Gasteiger partial charge < -0.3 is 10.1 Å². The largest absolute Gasteiger partial charge is 0.466 e. The molecule has 0 spiro atoms. The molecular formula is C23H24Cl2F3NO3. The maximum atomic E-state index is 13.5. The number of hydrogen-bond acceptors (Lipinski definition) is 3. The second-order valence-electron chi connectivity index (χ2n) is 7.52. The normalized spacial score (nSPS) is 14.4. The quantitative estimate of drug-likeness (QED) is 0.422. The molecule has 174 valence electrons. The van der Waals surface area contributed by atoms with Crippen LogP contribution in [-0.2, 0) is 20.7 Å². The van der Waals surface area contributed by atoms with Crippen molar-refractivity contribution in [2.24, 2.45) is 11.8 Å². The molecule has 2 rings (SSSR count). The van der Waals surface area contributed by atoms with Gasteiger partial charge in [-0.05, 0) is 48.7 Å². The number of rotatable bonds is 8. The van der Waals surface area contributed by atoms with Crippen LogP contribution in [0.2, 0.25) is 10.0 Å². The molecule has 4 nitrogen and oxygen atoms in total. The van der Waals surface area contributed by atoms with Crippen LogP contribution in [0.4, 0.5) is 18.9 Å². The standard InChI is InChI=1S/C23H24Cl2F3NO3/c1-4-32-22(31)13(2)11-15-5-10-18(25)19(12-15)29-21(30)20(14(3)23(26,27)28)16-6-8-17(24)9-7-16/h5-10,12-14,20H,4,11H2,1-3H3,(H,29,30)/t13-,14+,20-/m0/s1. The first-order chi connectivity index (χ1) is 14.9. The lowest BCUT2D eigenvalue weighted by Crippen LogP contribution is -2.34. The van der Waals surface area contributed by atoms with E-state index in [1.165, 1.54) is 30.3 Å². The van der Waals surface area contributed by atoms with E-state index in [0.717, 1.165) is 6.92 Å². The van der Waals surface area contributed by atoms with E-state index < -0.39 is 29.8 Å². The third kappa shape index (κ3) is 6.87. The Morgan fingerprint density at radius 3 is 2.25 bits per heavy atom. The van der Waals surface area contributed by atoms with Crippen LogP contribution in [0, 0.1) is 11.8 Å². The first kappa shape index (κ1) is 26.0. The SMILES string of the molecule is CCOC(=O)[C@@H](C)Cc1ccc(Cl)c(NC(=O)[C@H](c2ccc(Cl)cc2)[C@@H](C)C(F)(F)F)c1. The zero-order chi connectivity index (χ0) is 24.1. The summed E-state index contributed by atoms with van der Waals surface area (Å²) >= 11 is 12.0. The second kappa shape index (κ2) is 11.1. The molecule has 1 amide bonds. The van der Waals surface area contributed by atoms with Gasteiger partial charge in [0.25, 0.3) is 0 Å². The van der Waals surface area contributed by atoms with E-state index in [0.29, 0.717) is 17.0 Å². The van der Waals surface area contributed by atoms with Crippen molar-refractivity contribution in [3.8, 4) is 0 Å². The summed E-state index contributed by atoms with van der Waals surface area (Å²) in [4.78, 5) is 24.9. The van der Waals surface area contributed by atoms with Crippen molar-refractivity contribution in [1.29, 1.82) is 0 Å². The van der Waals surface area contributed by atoms with Crippen molar-refractivity contribution in [2.75, 3.05) is 11.9 Å². The molecule has 2 aromatic rings. The smallest absolute Gasteiger partial charge is 0.392 e.